The highest BCUT2D eigenvalue weighted by Crippen LogP contribution is 2.37. The predicted octanol–water partition coefficient (Wildman–Crippen LogP) is 6.05. The van der Waals surface area contributed by atoms with Crippen molar-refractivity contribution in [3.63, 3.8) is 0 Å². The fourth-order valence-corrected chi connectivity index (χ4v) is 5.49. The molecule has 0 spiro atoms. The van der Waals surface area contributed by atoms with E-state index in [4.69, 9.17) is 26.0 Å². The first-order chi connectivity index (χ1) is 21.9. The molecular formula is C36H32N6O3. The van der Waals surface area contributed by atoms with Crippen LogP contribution in [-0.4, -0.2) is 41.2 Å². The summed E-state index contributed by atoms with van der Waals surface area (Å²) in [4.78, 5) is 21.9. The molecule has 1 aliphatic heterocycles. The van der Waals surface area contributed by atoms with Crippen LogP contribution in [0.4, 0.5) is 11.8 Å². The van der Waals surface area contributed by atoms with E-state index < -0.39 is 0 Å². The van der Waals surface area contributed by atoms with Crippen LogP contribution in [0.15, 0.2) is 115 Å². The summed E-state index contributed by atoms with van der Waals surface area (Å²) in [5.41, 5.74) is 18.9. The van der Waals surface area contributed by atoms with Crippen molar-refractivity contribution in [1.82, 2.24) is 15.0 Å². The van der Waals surface area contributed by atoms with Crippen molar-refractivity contribution in [3.05, 3.63) is 143 Å². The van der Waals surface area contributed by atoms with E-state index in [2.05, 4.69) is 52.4 Å². The predicted molar refractivity (Wildman–Crippen MR) is 176 cm³/mol. The second-order valence-electron chi connectivity index (χ2n) is 10.5. The van der Waals surface area contributed by atoms with Crippen molar-refractivity contribution in [2.24, 2.45) is 5.10 Å². The van der Waals surface area contributed by atoms with E-state index in [9.17, 15) is 4.79 Å². The molecule has 4 N–H and O–H groups in total. The topological polar surface area (TPSA) is 129 Å². The lowest BCUT2D eigenvalue weighted by atomic mass is 9.92. The first-order valence-corrected chi connectivity index (χ1v) is 14.4. The molecule has 1 aromatic heterocycles. The zero-order valence-electron chi connectivity index (χ0n) is 24.9. The molecule has 4 aromatic carbocycles. The van der Waals surface area contributed by atoms with Gasteiger partial charge in [-0.25, -0.2) is 4.98 Å². The van der Waals surface area contributed by atoms with Gasteiger partial charge in [0.25, 0.3) is 0 Å². The van der Waals surface area contributed by atoms with E-state index in [1.165, 1.54) is 20.3 Å². The molecule has 1 unspecified atom stereocenters. The van der Waals surface area contributed by atoms with E-state index >= 15 is 0 Å². The lowest BCUT2D eigenvalue weighted by Gasteiger charge is -2.31. The minimum atomic E-state index is -0.277. The van der Waals surface area contributed by atoms with Gasteiger partial charge in [-0.1, -0.05) is 78.9 Å². The number of methoxy groups -OCH3 is 2. The van der Waals surface area contributed by atoms with Gasteiger partial charge in [0, 0.05) is 36.0 Å². The van der Waals surface area contributed by atoms with Gasteiger partial charge < -0.3 is 20.9 Å². The van der Waals surface area contributed by atoms with E-state index in [1.54, 1.807) is 29.5 Å². The van der Waals surface area contributed by atoms with Crippen LogP contribution in [0.25, 0.3) is 11.1 Å². The van der Waals surface area contributed by atoms with Crippen LogP contribution >= 0.6 is 0 Å². The third kappa shape index (κ3) is 6.09. The average Bonchev–Trinajstić information content (AvgIpc) is 3.08. The number of nitrogens with two attached hydrogens (primary N) is 2. The number of ketones is 1. The molecule has 0 bridgehead atoms. The Labute approximate surface area is 261 Å². The number of rotatable bonds is 9. The number of nitrogen functional groups attached to an aromatic ring is 2. The van der Waals surface area contributed by atoms with E-state index in [1.807, 2.05) is 42.6 Å². The number of anilines is 2. The number of hydrogen-bond acceptors (Lipinski definition) is 9. The lowest BCUT2D eigenvalue weighted by molar-refractivity contribution is 0.104. The fourth-order valence-electron chi connectivity index (χ4n) is 5.49. The van der Waals surface area contributed by atoms with Crippen LogP contribution in [0.2, 0.25) is 0 Å². The maximum Gasteiger partial charge on any atom is 0.221 e. The zero-order chi connectivity index (χ0) is 31.3. The van der Waals surface area contributed by atoms with Crippen molar-refractivity contribution in [1.29, 1.82) is 0 Å². The van der Waals surface area contributed by atoms with Gasteiger partial charge in [0.05, 0.1) is 26.0 Å². The highest BCUT2D eigenvalue weighted by Gasteiger charge is 2.26. The van der Waals surface area contributed by atoms with Crippen molar-refractivity contribution in [2.45, 2.75) is 12.5 Å². The molecule has 0 aliphatic carbocycles. The third-order valence-corrected chi connectivity index (χ3v) is 7.71. The number of ether oxygens (including phenoxy) is 2. The Balaban J connectivity index is 1.33. The van der Waals surface area contributed by atoms with Gasteiger partial charge in [-0.2, -0.15) is 10.1 Å². The van der Waals surface area contributed by atoms with E-state index in [0.29, 0.717) is 29.0 Å². The largest absolute Gasteiger partial charge is 0.493 e. The molecule has 9 heteroatoms. The molecule has 2 heterocycles. The second kappa shape index (κ2) is 12.7. The van der Waals surface area contributed by atoms with Gasteiger partial charge in [0.15, 0.2) is 17.3 Å². The number of allylic oxidation sites excluding steroid dienone is 1. The van der Waals surface area contributed by atoms with E-state index in [-0.39, 0.29) is 23.6 Å². The smallest absolute Gasteiger partial charge is 0.221 e. The summed E-state index contributed by atoms with van der Waals surface area (Å²) in [7, 11) is 3.03. The average molecular weight is 597 g/mol. The van der Waals surface area contributed by atoms with Crippen molar-refractivity contribution in [2.75, 3.05) is 25.7 Å². The summed E-state index contributed by atoms with van der Waals surface area (Å²) >= 11 is 0. The van der Waals surface area contributed by atoms with Gasteiger partial charge in [0.1, 0.15) is 11.9 Å². The highest BCUT2D eigenvalue weighted by atomic mass is 16.5. The number of nitrogens with zero attached hydrogens (tertiary/aromatic N) is 4. The van der Waals surface area contributed by atoms with Crippen LogP contribution in [0.1, 0.15) is 44.2 Å². The number of hydrogen-bond donors (Lipinski definition) is 2. The molecule has 0 saturated heterocycles. The van der Waals surface area contributed by atoms with Gasteiger partial charge in [-0.3, -0.25) is 9.80 Å². The summed E-state index contributed by atoms with van der Waals surface area (Å²) in [6, 6.07) is 30.1. The van der Waals surface area contributed by atoms with Crippen molar-refractivity contribution in [3.8, 4) is 22.6 Å². The minimum absolute atomic E-state index is 0.0954. The summed E-state index contributed by atoms with van der Waals surface area (Å²) in [5, 5.41) is 6.52. The fraction of sp³-hybridized carbons (Fsp3) is 0.111. The van der Waals surface area contributed by atoms with E-state index in [0.717, 1.165) is 33.4 Å². The molecule has 1 aliphatic rings. The molecule has 224 valence electrons. The molecule has 1 atom stereocenters. The van der Waals surface area contributed by atoms with Crippen LogP contribution in [0.3, 0.4) is 0 Å². The Morgan fingerprint density at radius 2 is 1.64 bits per heavy atom. The Morgan fingerprint density at radius 1 is 0.911 bits per heavy atom. The summed E-state index contributed by atoms with van der Waals surface area (Å²) in [6.07, 6.45) is 6.95. The molecule has 6 rings (SSSR count). The van der Waals surface area contributed by atoms with Gasteiger partial charge >= 0.3 is 0 Å². The Bertz CT molecular complexity index is 1910. The number of fused-ring (bicyclic) bond motifs is 1. The summed E-state index contributed by atoms with van der Waals surface area (Å²) < 4.78 is 11.2. The first-order valence-electron chi connectivity index (χ1n) is 14.4. The third-order valence-electron chi connectivity index (χ3n) is 7.71. The molecular weight excluding hydrogens is 564 g/mol. The number of carbonyl (C=O) groups is 1. The Hall–Kier alpha value is -5.96. The summed E-state index contributed by atoms with van der Waals surface area (Å²) in [6.45, 7) is 0. The number of hydrazone groups is 1. The van der Waals surface area contributed by atoms with Gasteiger partial charge in [-0.05, 0) is 39.9 Å². The summed E-state index contributed by atoms with van der Waals surface area (Å²) in [5.74, 6) is 0.843. The molecule has 45 heavy (non-hydrogen) atoms. The zero-order valence-corrected chi connectivity index (χ0v) is 24.9. The normalized spacial score (nSPS) is 13.9. The molecule has 5 aromatic rings. The number of aromatic nitrogens is 2. The number of benzene rings is 4. The first kappa shape index (κ1) is 29.1. The lowest BCUT2D eigenvalue weighted by Crippen LogP contribution is -2.25. The monoisotopic (exact) mass is 596 g/mol. The molecule has 9 nitrogen and oxygen atoms in total. The van der Waals surface area contributed by atoms with Crippen molar-refractivity contribution >= 4 is 23.8 Å². The minimum Gasteiger partial charge on any atom is -0.493 e. The maximum absolute atomic E-state index is 13.8. The molecule has 0 radical (unpaired) electrons. The van der Waals surface area contributed by atoms with Gasteiger partial charge in [-0.15, -0.1) is 0 Å². The maximum atomic E-state index is 13.8. The van der Waals surface area contributed by atoms with Crippen LogP contribution in [0, 0.1) is 0 Å². The van der Waals surface area contributed by atoms with Crippen LogP contribution < -0.4 is 20.9 Å². The molecule has 0 fully saturated rings. The number of carbonyl (C=O) groups excluding carboxylic acids is 1. The van der Waals surface area contributed by atoms with Crippen molar-refractivity contribution < 1.29 is 14.3 Å². The quantitative estimate of drug-likeness (QED) is 0.155. The highest BCUT2D eigenvalue weighted by molar-refractivity contribution is 6.07. The van der Waals surface area contributed by atoms with Gasteiger partial charge in [0.2, 0.25) is 5.95 Å². The van der Waals surface area contributed by atoms with Crippen LogP contribution in [-0.2, 0) is 6.42 Å². The molecule has 0 saturated carbocycles. The Morgan fingerprint density at radius 3 is 2.38 bits per heavy atom. The SMILES string of the molecule is COc1cc(Cc2cnc(N)nc2N)cc(C(=O)/C=C/N2N=Cc3ccccc3C2c2ccc(-c3ccccc3)cc2)c1OC. The second-order valence-corrected chi connectivity index (χ2v) is 10.5. The molecule has 0 amide bonds. The Kier molecular flexibility index (Phi) is 8.24. The standard InChI is InChI=1S/C36H32N6O3/c1-44-32-20-23(18-28-21-39-36(38)41-35(28)37)19-30(34(32)45-2)31(43)16-17-42-33(29-11-7-6-10-27(29)22-40-42)26-14-12-25(13-15-26)24-8-4-3-5-9-24/h3-17,19-22,33H,18H2,1-2H3,(H4,37,38,39,41)/b17-16+. The van der Waals surface area contributed by atoms with Crippen LogP contribution in [0.5, 0.6) is 11.5 Å².